The number of nitrogens with one attached hydrogen (secondary N) is 2. The molecule has 0 aliphatic heterocycles. The number of hydrogen-bond acceptors (Lipinski definition) is 4. The van der Waals surface area contributed by atoms with E-state index in [2.05, 4.69) is 0 Å². The van der Waals surface area contributed by atoms with Crippen LogP contribution >= 0.6 is 0 Å². The normalized spacial score (nSPS) is 12.2. The van der Waals surface area contributed by atoms with E-state index in [-0.39, 0.29) is 0 Å². The molecule has 0 bridgehead atoms. The van der Waals surface area contributed by atoms with Crippen molar-refractivity contribution in [2.24, 2.45) is 0 Å². The molecule has 5 heteroatoms. The Morgan fingerprint density at radius 1 is 0.889 bits per heavy atom. The lowest BCUT2D eigenvalue weighted by Crippen LogP contribution is -2.49. The van der Waals surface area contributed by atoms with E-state index in [9.17, 15) is 5.11 Å². The number of aliphatic hydroxyl groups is 1. The lowest BCUT2D eigenvalue weighted by molar-refractivity contribution is -0.0893. The predicted octanol–water partition coefficient (Wildman–Crippen LogP) is 3.22. The minimum absolute atomic E-state index is 0.333. The zero-order chi connectivity index (χ0) is 20.1. The third-order valence-corrected chi connectivity index (χ3v) is 4.81. The molecule has 2 rings (SSSR count). The van der Waals surface area contributed by atoms with Crippen molar-refractivity contribution in [3.05, 3.63) is 77.9 Å². The molecule has 0 aromatic heterocycles. The highest BCUT2D eigenvalue weighted by Crippen LogP contribution is 2.24. The molecule has 3 N–H and O–H groups in total. The monoisotopic (exact) mass is 362 g/mol. The van der Waals surface area contributed by atoms with Crippen LogP contribution in [0.25, 0.3) is 0 Å². The van der Waals surface area contributed by atoms with Crippen LogP contribution in [-0.4, -0.2) is 35.2 Å². The first kappa shape index (κ1) is 20.8. The van der Waals surface area contributed by atoms with Crippen molar-refractivity contribution in [1.29, 1.82) is 10.8 Å². The van der Waals surface area contributed by atoms with Gasteiger partial charge in [-0.1, -0.05) is 60.1 Å². The number of benzene rings is 2. The van der Waals surface area contributed by atoms with Crippen molar-refractivity contribution in [3.8, 4) is 0 Å². The molecule has 0 amide bonds. The quantitative estimate of drug-likeness (QED) is 0.498. The van der Waals surface area contributed by atoms with E-state index in [0.717, 1.165) is 16.6 Å². The molecule has 0 spiro atoms. The van der Waals surface area contributed by atoms with Crippen LogP contribution < -0.4 is 5.46 Å². The minimum Gasteiger partial charge on any atom is -0.427 e. The molecule has 4 nitrogen and oxygen atoms in total. The van der Waals surface area contributed by atoms with Gasteiger partial charge in [-0.3, -0.25) is 0 Å². The molecule has 0 fully saturated rings. The second kappa shape index (κ2) is 8.46. The number of rotatable bonds is 8. The molecule has 0 unspecified atom stereocenters. The van der Waals surface area contributed by atoms with Gasteiger partial charge in [0.15, 0.2) is 0 Å². The second-order valence-corrected chi connectivity index (χ2v) is 7.59. The summed E-state index contributed by atoms with van der Waals surface area (Å²) >= 11 is 0. The van der Waals surface area contributed by atoms with Crippen LogP contribution in [0.15, 0.2) is 66.7 Å². The zero-order valence-corrected chi connectivity index (χ0v) is 16.4. The van der Waals surface area contributed by atoms with Crippen molar-refractivity contribution >= 4 is 24.4 Å². The fourth-order valence-electron chi connectivity index (χ4n) is 2.25. The Bertz CT molecular complexity index is 837. The maximum atomic E-state index is 10.2. The van der Waals surface area contributed by atoms with E-state index < -0.39 is 11.2 Å². The summed E-state index contributed by atoms with van der Waals surface area (Å²) in [5, 5.41) is 26.6. The SMILES string of the molecule is CC(C)(O)C(C)(C)OBc1cccc(C(=N)/C=C\C(=N)c2ccccc2)c1. The molecule has 0 aliphatic carbocycles. The highest BCUT2D eigenvalue weighted by atomic mass is 16.5. The summed E-state index contributed by atoms with van der Waals surface area (Å²) in [6.07, 6.45) is 3.27. The molecular weight excluding hydrogens is 335 g/mol. The van der Waals surface area contributed by atoms with Gasteiger partial charge in [-0.15, -0.1) is 0 Å². The van der Waals surface area contributed by atoms with Crippen LogP contribution in [0.1, 0.15) is 38.8 Å². The third kappa shape index (κ3) is 5.74. The van der Waals surface area contributed by atoms with Crippen LogP contribution in [0, 0.1) is 10.8 Å². The molecule has 0 atom stereocenters. The van der Waals surface area contributed by atoms with E-state index in [1.54, 1.807) is 26.0 Å². The minimum atomic E-state index is -0.960. The zero-order valence-electron chi connectivity index (χ0n) is 16.4. The van der Waals surface area contributed by atoms with Gasteiger partial charge in [-0.2, -0.15) is 0 Å². The van der Waals surface area contributed by atoms with Crippen molar-refractivity contribution < 1.29 is 9.76 Å². The van der Waals surface area contributed by atoms with E-state index >= 15 is 0 Å². The number of hydrogen-bond donors (Lipinski definition) is 3. The van der Waals surface area contributed by atoms with Gasteiger partial charge in [0.1, 0.15) is 0 Å². The summed E-state index contributed by atoms with van der Waals surface area (Å²) in [5.74, 6) is 0. The first-order chi connectivity index (χ1) is 12.6. The van der Waals surface area contributed by atoms with E-state index in [4.69, 9.17) is 15.5 Å². The van der Waals surface area contributed by atoms with Crippen LogP contribution in [0.3, 0.4) is 0 Å². The molecule has 27 heavy (non-hydrogen) atoms. The predicted molar refractivity (Wildman–Crippen MR) is 114 cm³/mol. The maximum Gasteiger partial charge on any atom is 0.309 e. The first-order valence-corrected chi connectivity index (χ1v) is 8.96. The van der Waals surface area contributed by atoms with Gasteiger partial charge in [0.25, 0.3) is 0 Å². The summed E-state index contributed by atoms with van der Waals surface area (Å²) in [6.45, 7) is 7.17. The Labute approximate surface area is 162 Å². The second-order valence-electron chi connectivity index (χ2n) is 7.59. The molecule has 0 aliphatic rings. The summed E-state index contributed by atoms with van der Waals surface area (Å²) in [6, 6.07) is 17.0. The van der Waals surface area contributed by atoms with Gasteiger partial charge < -0.3 is 20.6 Å². The summed E-state index contributed by atoms with van der Waals surface area (Å²) in [7, 11) is 0.349. The Hall–Kier alpha value is -2.50. The van der Waals surface area contributed by atoms with Gasteiger partial charge in [0, 0.05) is 0 Å². The average Bonchev–Trinajstić information content (AvgIpc) is 2.64. The molecule has 0 heterocycles. The van der Waals surface area contributed by atoms with E-state index in [0.29, 0.717) is 18.9 Å². The van der Waals surface area contributed by atoms with E-state index in [1.807, 2.05) is 68.4 Å². The van der Waals surface area contributed by atoms with Crippen molar-refractivity contribution in [1.82, 2.24) is 0 Å². The molecular formula is C22H27BN2O2. The Balaban J connectivity index is 2.05. The van der Waals surface area contributed by atoms with Gasteiger partial charge in [0.2, 0.25) is 0 Å². The lowest BCUT2D eigenvalue weighted by Gasteiger charge is -2.37. The first-order valence-electron chi connectivity index (χ1n) is 8.96. The van der Waals surface area contributed by atoms with Crippen molar-refractivity contribution in [2.75, 3.05) is 0 Å². The topological polar surface area (TPSA) is 77.2 Å². The average molecular weight is 362 g/mol. The standard InChI is InChI=1S/C22H27BN2O2/c1-21(2,26)22(3,4)27-23-18-12-8-11-17(15-18)20(25)14-13-19(24)16-9-6-5-7-10-16/h5-15,23-26H,1-4H3/b14-13-,24-19?,25-20?. The fourth-order valence-corrected chi connectivity index (χ4v) is 2.25. The van der Waals surface area contributed by atoms with Crippen LogP contribution in [-0.2, 0) is 4.65 Å². The Kier molecular flexibility index (Phi) is 6.52. The molecule has 0 saturated carbocycles. The van der Waals surface area contributed by atoms with Gasteiger partial charge in [-0.05, 0) is 51.0 Å². The summed E-state index contributed by atoms with van der Waals surface area (Å²) in [5.41, 5.74) is 1.55. The van der Waals surface area contributed by atoms with Crippen LogP contribution in [0.4, 0.5) is 0 Å². The van der Waals surface area contributed by atoms with Gasteiger partial charge in [-0.25, -0.2) is 0 Å². The van der Waals surface area contributed by atoms with Crippen LogP contribution in [0.2, 0.25) is 0 Å². The number of allylic oxidation sites excluding steroid dienone is 2. The third-order valence-electron chi connectivity index (χ3n) is 4.81. The van der Waals surface area contributed by atoms with Crippen molar-refractivity contribution in [2.45, 2.75) is 38.9 Å². The highest BCUT2D eigenvalue weighted by Gasteiger charge is 2.35. The summed E-state index contributed by atoms with van der Waals surface area (Å²) < 4.78 is 5.90. The van der Waals surface area contributed by atoms with Gasteiger partial charge in [0.05, 0.1) is 22.6 Å². The molecule has 2 aromatic rings. The summed E-state index contributed by atoms with van der Waals surface area (Å²) in [4.78, 5) is 0. The highest BCUT2D eigenvalue weighted by molar-refractivity contribution is 6.47. The van der Waals surface area contributed by atoms with Crippen LogP contribution in [0.5, 0.6) is 0 Å². The lowest BCUT2D eigenvalue weighted by atomic mass is 9.82. The molecule has 2 aromatic carbocycles. The Morgan fingerprint density at radius 3 is 2.04 bits per heavy atom. The van der Waals surface area contributed by atoms with Gasteiger partial charge >= 0.3 is 7.48 Å². The maximum absolute atomic E-state index is 10.2. The molecule has 0 saturated heterocycles. The Morgan fingerprint density at radius 2 is 1.44 bits per heavy atom. The smallest absolute Gasteiger partial charge is 0.309 e. The molecule has 0 radical (unpaired) electrons. The fraction of sp³-hybridized carbons (Fsp3) is 0.273. The van der Waals surface area contributed by atoms with Crippen molar-refractivity contribution in [3.63, 3.8) is 0 Å². The van der Waals surface area contributed by atoms with E-state index in [1.165, 1.54) is 0 Å². The molecule has 140 valence electrons. The largest absolute Gasteiger partial charge is 0.427 e.